The Hall–Kier alpha value is -0.860. The van der Waals surface area contributed by atoms with E-state index in [-0.39, 0.29) is 17.3 Å². The molecule has 12 heavy (non-hydrogen) atoms. The van der Waals surface area contributed by atoms with Gasteiger partial charge < -0.3 is 5.11 Å². The van der Waals surface area contributed by atoms with E-state index in [0.717, 1.165) is 0 Å². The van der Waals surface area contributed by atoms with E-state index in [1.807, 2.05) is 13.8 Å². The lowest BCUT2D eigenvalue weighted by atomic mass is 10.1. The molecule has 3 heteroatoms. The third-order valence-corrected chi connectivity index (χ3v) is 2.61. The fourth-order valence-corrected chi connectivity index (χ4v) is 1.71. The third kappa shape index (κ3) is 1.36. The smallest absolute Gasteiger partial charge is 0.307 e. The Balaban J connectivity index is 2.60. The molecule has 0 heterocycles. The highest BCUT2D eigenvalue weighted by molar-refractivity contribution is 5.76. The second-order valence-electron chi connectivity index (χ2n) is 3.75. The summed E-state index contributed by atoms with van der Waals surface area (Å²) in [5.41, 5.74) is -0.197. The molecule has 1 fully saturated rings. The van der Waals surface area contributed by atoms with E-state index in [1.54, 1.807) is 6.08 Å². The minimum atomic E-state index is -0.784. The monoisotopic (exact) mass is 172 g/mol. The van der Waals surface area contributed by atoms with Gasteiger partial charge in [0.1, 0.15) is 6.67 Å². The van der Waals surface area contributed by atoms with Gasteiger partial charge in [-0.15, -0.1) is 0 Å². The average Bonchev–Trinajstić information content (AvgIpc) is 2.49. The number of halogens is 1. The van der Waals surface area contributed by atoms with Crippen LogP contribution in [0.15, 0.2) is 12.2 Å². The summed E-state index contributed by atoms with van der Waals surface area (Å²) in [6.45, 7) is 3.26. The van der Waals surface area contributed by atoms with Crippen LogP contribution >= 0.6 is 0 Å². The van der Waals surface area contributed by atoms with Crippen molar-refractivity contribution in [2.45, 2.75) is 13.8 Å². The molecule has 2 nitrogen and oxygen atoms in total. The summed E-state index contributed by atoms with van der Waals surface area (Å²) in [4.78, 5) is 10.6. The van der Waals surface area contributed by atoms with Crippen LogP contribution in [-0.2, 0) is 4.79 Å². The lowest BCUT2D eigenvalue weighted by Crippen LogP contribution is -2.02. The van der Waals surface area contributed by atoms with Gasteiger partial charge in [-0.3, -0.25) is 4.79 Å². The summed E-state index contributed by atoms with van der Waals surface area (Å²) in [5, 5.41) is 8.73. The molecule has 0 aromatic rings. The van der Waals surface area contributed by atoms with Crippen molar-refractivity contribution in [2.75, 3.05) is 6.67 Å². The van der Waals surface area contributed by atoms with Gasteiger partial charge in [-0.1, -0.05) is 26.0 Å². The summed E-state index contributed by atoms with van der Waals surface area (Å²) in [6.07, 6.45) is 3.05. The molecule has 68 valence electrons. The lowest BCUT2D eigenvalue weighted by molar-refractivity contribution is -0.139. The molecule has 0 aromatic heterocycles. The molecule has 0 spiro atoms. The van der Waals surface area contributed by atoms with Gasteiger partial charge in [-0.25, -0.2) is 4.39 Å². The molecular formula is C9H13FO2. The van der Waals surface area contributed by atoms with E-state index < -0.39 is 12.6 Å². The first kappa shape index (κ1) is 9.23. The zero-order valence-corrected chi connectivity index (χ0v) is 7.25. The van der Waals surface area contributed by atoms with Crippen LogP contribution in [0.1, 0.15) is 13.8 Å². The van der Waals surface area contributed by atoms with Crippen LogP contribution in [0.5, 0.6) is 0 Å². The van der Waals surface area contributed by atoms with E-state index >= 15 is 0 Å². The fourth-order valence-electron chi connectivity index (χ4n) is 1.71. The average molecular weight is 172 g/mol. The number of hydrogen-bond donors (Lipinski definition) is 1. The second-order valence-corrected chi connectivity index (χ2v) is 3.75. The number of aliphatic carboxylic acids is 1. The van der Waals surface area contributed by atoms with Crippen LogP contribution < -0.4 is 0 Å². The highest BCUT2D eigenvalue weighted by atomic mass is 19.1. The van der Waals surface area contributed by atoms with Gasteiger partial charge in [-0.05, 0) is 11.3 Å². The van der Waals surface area contributed by atoms with Crippen LogP contribution in [0.25, 0.3) is 0 Å². The first-order chi connectivity index (χ1) is 5.51. The number of carbonyl (C=O) groups is 1. The molecule has 0 radical (unpaired) electrons. The van der Waals surface area contributed by atoms with Crippen molar-refractivity contribution >= 4 is 5.97 Å². The number of rotatable bonds is 3. The second kappa shape index (κ2) is 2.88. The Morgan fingerprint density at radius 3 is 2.58 bits per heavy atom. The van der Waals surface area contributed by atoms with Crippen LogP contribution in [-0.4, -0.2) is 17.8 Å². The van der Waals surface area contributed by atoms with Crippen molar-refractivity contribution < 1.29 is 14.3 Å². The Morgan fingerprint density at radius 1 is 1.67 bits per heavy atom. The van der Waals surface area contributed by atoms with Crippen molar-refractivity contribution in [3.63, 3.8) is 0 Å². The quantitative estimate of drug-likeness (QED) is 0.660. The van der Waals surface area contributed by atoms with Crippen LogP contribution in [0.4, 0.5) is 4.39 Å². The number of carboxylic acids is 1. The highest BCUT2D eigenvalue weighted by Crippen LogP contribution is 2.58. The number of allylic oxidation sites excluding steroid dienone is 2. The van der Waals surface area contributed by atoms with Crippen molar-refractivity contribution in [1.29, 1.82) is 0 Å². The highest BCUT2D eigenvalue weighted by Gasteiger charge is 2.60. The topological polar surface area (TPSA) is 37.3 Å². The maximum absolute atomic E-state index is 11.7. The van der Waals surface area contributed by atoms with Gasteiger partial charge in [0.2, 0.25) is 0 Å². The van der Waals surface area contributed by atoms with Gasteiger partial charge >= 0.3 is 5.97 Å². The molecule has 0 saturated heterocycles. The van der Waals surface area contributed by atoms with Crippen LogP contribution in [0, 0.1) is 17.3 Å². The van der Waals surface area contributed by atoms with E-state index in [9.17, 15) is 9.18 Å². The zero-order valence-electron chi connectivity index (χ0n) is 7.25. The van der Waals surface area contributed by atoms with E-state index in [0.29, 0.717) is 0 Å². The maximum Gasteiger partial charge on any atom is 0.307 e. The SMILES string of the molecule is CC1(C)[C@@H](/C=C\CF)[C@@H]1C(=O)O. The van der Waals surface area contributed by atoms with Crippen molar-refractivity contribution in [3.8, 4) is 0 Å². The van der Waals surface area contributed by atoms with Crippen molar-refractivity contribution in [3.05, 3.63) is 12.2 Å². The number of hydrogen-bond acceptors (Lipinski definition) is 1. The molecule has 0 unspecified atom stereocenters. The fraction of sp³-hybridized carbons (Fsp3) is 0.667. The number of carboxylic acid groups (broad SMARTS) is 1. The number of alkyl halides is 1. The first-order valence-corrected chi connectivity index (χ1v) is 3.97. The normalized spacial score (nSPS) is 32.2. The standard InChI is InChI=1S/C9H13FO2/c1-9(2)6(4-3-5-10)7(9)8(11)12/h3-4,6-7H,5H2,1-2H3,(H,11,12)/b4-3-/t6-,7+/m0/s1. The summed E-state index contributed by atoms with van der Waals surface area (Å²) >= 11 is 0. The van der Waals surface area contributed by atoms with E-state index in [2.05, 4.69) is 0 Å². The minimum Gasteiger partial charge on any atom is -0.481 e. The Bertz CT molecular complexity index is 221. The molecule has 0 aromatic carbocycles. The van der Waals surface area contributed by atoms with Gasteiger partial charge in [0, 0.05) is 0 Å². The van der Waals surface area contributed by atoms with Gasteiger partial charge in [0.25, 0.3) is 0 Å². The first-order valence-electron chi connectivity index (χ1n) is 3.97. The van der Waals surface area contributed by atoms with Gasteiger partial charge in [-0.2, -0.15) is 0 Å². The van der Waals surface area contributed by atoms with Crippen molar-refractivity contribution in [2.24, 2.45) is 17.3 Å². The Kier molecular flexibility index (Phi) is 2.22. The predicted molar refractivity (Wildman–Crippen MR) is 43.5 cm³/mol. The summed E-state index contributed by atoms with van der Waals surface area (Å²) in [7, 11) is 0. The van der Waals surface area contributed by atoms with E-state index in [4.69, 9.17) is 5.11 Å². The third-order valence-electron chi connectivity index (χ3n) is 2.61. The Labute approximate surface area is 71.1 Å². The van der Waals surface area contributed by atoms with Crippen LogP contribution in [0.2, 0.25) is 0 Å². The summed E-state index contributed by atoms with van der Waals surface area (Å²) in [6, 6.07) is 0. The maximum atomic E-state index is 11.7. The molecule has 1 aliphatic carbocycles. The molecule has 2 atom stereocenters. The molecule has 1 saturated carbocycles. The van der Waals surface area contributed by atoms with Gasteiger partial charge in [0.05, 0.1) is 5.92 Å². The molecular weight excluding hydrogens is 159 g/mol. The Morgan fingerprint density at radius 2 is 2.25 bits per heavy atom. The molecule has 0 bridgehead atoms. The van der Waals surface area contributed by atoms with Crippen molar-refractivity contribution in [1.82, 2.24) is 0 Å². The lowest BCUT2D eigenvalue weighted by Gasteiger charge is -1.95. The molecule has 0 aliphatic heterocycles. The molecule has 1 N–H and O–H groups in total. The molecule has 1 aliphatic rings. The summed E-state index contributed by atoms with van der Waals surface area (Å²) < 4.78 is 11.7. The predicted octanol–water partition coefficient (Wildman–Crippen LogP) is 1.87. The van der Waals surface area contributed by atoms with Crippen LogP contribution in [0.3, 0.4) is 0 Å². The van der Waals surface area contributed by atoms with E-state index in [1.165, 1.54) is 6.08 Å². The summed E-state index contributed by atoms with van der Waals surface area (Å²) in [5.74, 6) is -1.11. The largest absolute Gasteiger partial charge is 0.481 e. The molecule has 1 rings (SSSR count). The minimum absolute atomic E-state index is 0.00532. The van der Waals surface area contributed by atoms with Gasteiger partial charge in [0.15, 0.2) is 0 Å². The zero-order chi connectivity index (χ0) is 9.35. The molecule has 0 amide bonds.